The van der Waals surface area contributed by atoms with Crippen LogP contribution in [0.4, 0.5) is 0 Å². The first-order valence-corrected chi connectivity index (χ1v) is 9.53. The van der Waals surface area contributed by atoms with Crippen LogP contribution in [0.2, 0.25) is 0 Å². The van der Waals surface area contributed by atoms with Crippen LogP contribution in [0.1, 0.15) is 46.1 Å². The summed E-state index contributed by atoms with van der Waals surface area (Å²) in [5.41, 5.74) is 0.140. The minimum atomic E-state index is -0.827. The van der Waals surface area contributed by atoms with Crippen molar-refractivity contribution in [2.45, 2.75) is 64.8 Å². The molecule has 0 aliphatic heterocycles. The molecule has 1 unspecified atom stereocenters. The highest BCUT2D eigenvalue weighted by atomic mass is 16.6. The molecule has 0 aliphatic carbocycles. The Bertz CT molecular complexity index is 681. The number of hydrogen-bond acceptors (Lipinski definition) is 7. The lowest BCUT2D eigenvalue weighted by Crippen LogP contribution is -2.23. The molecule has 0 spiro atoms. The predicted molar refractivity (Wildman–Crippen MR) is 109 cm³/mol. The number of aliphatic hydroxyl groups excluding tert-OH is 1. The van der Waals surface area contributed by atoms with Gasteiger partial charge in [0.1, 0.15) is 17.1 Å². The van der Waals surface area contributed by atoms with Crippen LogP contribution in [0.3, 0.4) is 0 Å². The monoisotopic (exact) mass is 408 g/mol. The molecule has 0 aliphatic rings. The molecule has 1 N–H and O–H groups in total. The van der Waals surface area contributed by atoms with Crippen molar-refractivity contribution in [2.24, 2.45) is 0 Å². The van der Waals surface area contributed by atoms with E-state index in [1.165, 1.54) is 12.2 Å². The van der Waals surface area contributed by atoms with Gasteiger partial charge in [0.2, 0.25) is 0 Å². The summed E-state index contributed by atoms with van der Waals surface area (Å²) in [6.07, 6.45) is 2.27. The Morgan fingerprint density at radius 1 is 1.07 bits per heavy atom. The number of ether oxygens (including phenoxy) is 4. The van der Waals surface area contributed by atoms with Crippen LogP contribution < -0.4 is 9.47 Å². The Balaban J connectivity index is 2.45. The van der Waals surface area contributed by atoms with Crippen molar-refractivity contribution in [3.63, 3.8) is 0 Å². The maximum Gasteiger partial charge on any atom is 0.331 e. The van der Waals surface area contributed by atoms with Gasteiger partial charge in [0.05, 0.1) is 32.8 Å². The van der Waals surface area contributed by atoms with Crippen molar-refractivity contribution >= 4 is 11.9 Å². The van der Waals surface area contributed by atoms with Crippen LogP contribution in [0.15, 0.2) is 30.4 Å². The summed E-state index contributed by atoms with van der Waals surface area (Å²) in [6, 6.07) is 5.23. The average Bonchev–Trinajstić information content (AvgIpc) is 2.62. The Hall–Kier alpha value is -2.54. The number of aliphatic hydroxyl groups is 1. The molecule has 7 nitrogen and oxygen atoms in total. The molecule has 1 aromatic rings. The molecule has 0 bridgehead atoms. The van der Waals surface area contributed by atoms with Crippen LogP contribution in [0.5, 0.6) is 11.5 Å². The van der Waals surface area contributed by atoms with Gasteiger partial charge >= 0.3 is 11.9 Å². The third-order valence-electron chi connectivity index (χ3n) is 3.82. The fourth-order valence-corrected chi connectivity index (χ4v) is 2.49. The molecule has 0 fully saturated rings. The zero-order valence-electron chi connectivity index (χ0n) is 18.1. The maximum atomic E-state index is 12.2. The number of esters is 2. The number of carbonyl (C=O) groups is 2. The van der Waals surface area contributed by atoms with Gasteiger partial charge in [-0.2, -0.15) is 0 Å². The Morgan fingerprint density at radius 3 is 2.17 bits per heavy atom. The number of methoxy groups -OCH3 is 2. The van der Waals surface area contributed by atoms with Crippen molar-refractivity contribution in [1.29, 1.82) is 0 Å². The van der Waals surface area contributed by atoms with Crippen LogP contribution in [-0.2, 0) is 25.5 Å². The average molecular weight is 408 g/mol. The van der Waals surface area contributed by atoms with Crippen LogP contribution in [0, 0.1) is 0 Å². The maximum absolute atomic E-state index is 12.2. The highest BCUT2D eigenvalue weighted by Gasteiger charge is 2.15. The minimum absolute atomic E-state index is 0.0823. The number of rotatable bonds is 10. The standard InChI is InChI=1S/C22H32O7/c1-15(7-8-17(23)9-10-20(24)29-22(2,3)4)28-21(25)13-16-11-18(26-5)14-19(12-16)27-6/h9-12,14-15,17,23H,7-8,13H2,1-6H3/b10-9+/t15-,17?/m1/s1. The fraction of sp³-hybridized carbons (Fsp3) is 0.545. The summed E-state index contributed by atoms with van der Waals surface area (Å²) in [4.78, 5) is 23.8. The predicted octanol–water partition coefficient (Wildman–Crippen LogP) is 3.22. The van der Waals surface area contributed by atoms with Crippen molar-refractivity contribution in [2.75, 3.05) is 14.2 Å². The van der Waals surface area contributed by atoms with E-state index in [4.69, 9.17) is 18.9 Å². The van der Waals surface area contributed by atoms with Gasteiger partial charge in [0, 0.05) is 12.1 Å². The second-order valence-electron chi connectivity index (χ2n) is 7.74. The van der Waals surface area contributed by atoms with Crippen molar-refractivity contribution in [3.8, 4) is 11.5 Å². The van der Waals surface area contributed by atoms with Gasteiger partial charge in [-0.3, -0.25) is 4.79 Å². The topological polar surface area (TPSA) is 91.3 Å². The quantitative estimate of drug-likeness (QED) is 0.469. The zero-order chi connectivity index (χ0) is 22.0. The largest absolute Gasteiger partial charge is 0.497 e. The molecule has 0 amide bonds. The van der Waals surface area contributed by atoms with Crippen molar-refractivity contribution in [1.82, 2.24) is 0 Å². The smallest absolute Gasteiger partial charge is 0.331 e. The first-order chi connectivity index (χ1) is 13.5. The molecule has 2 atom stereocenters. The van der Waals surface area contributed by atoms with Crippen LogP contribution in [0.25, 0.3) is 0 Å². The molecule has 0 heterocycles. The molecule has 0 saturated heterocycles. The first-order valence-electron chi connectivity index (χ1n) is 9.53. The molecule has 162 valence electrons. The van der Waals surface area contributed by atoms with Gasteiger partial charge < -0.3 is 24.1 Å². The first kappa shape index (κ1) is 24.5. The molecule has 29 heavy (non-hydrogen) atoms. The van der Waals surface area contributed by atoms with Gasteiger partial charge in [-0.25, -0.2) is 4.79 Å². The molecule has 7 heteroatoms. The lowest BCUT2D eigenvalue weighted by atomic mass is 10.1. The van der Waals surface area contributed by atoms with Crippen LogP contribution in [-0.4, -0.2) is 49.1 Å². The van der Waals surface area contributed by atoms with E-state index in [0.29, 0.717) is 24.3 Å². The van der Waals surface area contributed by atoms with E-state index in [0.717, 1.165) is 5.56 Å². The lowest BCUT2D eigenvalue weighted by molar-refractivity contribution is -0.149. The lowest BCUT2D eigenvalue weighted by Gasteiger charge is -2.18. The molecular weight excluding hydrogens is 376 g/mol. The Labute approximate surface area is 172 Å². The van der Waals surface area contributed by atoms with Crippen LogP contribution >= 0.6 is 0 Å². The van der Waals surface area contributed by atoms with E-state index >= 15 is 0 Å². The molecule has 1 rings (SSSR count). The van der Waals surface area contributed by atoms with Gasteiger partial charge in [0.25, 0.3) is 0 Å². The summed E-state index contributed by atoms with van der Waals surface area (Å²) < 4.78 is 20.9. The van der Waals surface area contributed by atoms with Gasteiger partial charge in [0.15, 0.2) is 0 Å². The molecule has 1 aromatic carbocycles. The summed E-state index contributed by atoms with van der Waals surface area (Å²) in [5.74, 6) is 0.302. The van der Waals surface area contributed by atoms with E-state index in [1.54, 1.807) is 60.1 Å². The number of hydrogen-bond donors (Lipinski definition) is 1. The van der Waals surface area contributed by atoms with Gasteiger partial charge in [-0.05, 0) is 64.3 Å². The highest BCUT2D eigenvalue weighted by molar-refractivity contribution is 5.82. The molecule has 0 saturated carbocycles. The summed E-state index contributed by atoms with van der Waals surface area (Å²) in [5, 5.41) is 9.97. The van der Waals surface area contributed by atoms with Gasteiger partial charge in [-0.15, -0.1) is 0 Å². The molecule has 0 aromatic heterocycles. The summed E-state index contributed by atoms with van der Waals surface area (Å²) in [7, 11) is 3.09. The number of benzene rings is 1. The van der Waals surface area contributed by atoms with E-state index in [9.17, 15) is 14.7 Å². The van der Waals surface area contributed by atoms with E-state index in [2.05, 4.69) is 0 Å². The SMILES string of the molecule is COc1cc(CC(=O)O[C@H](C)CCC(O)/C=C/C(=O)OC(C)(C)C)cc(OC)c1. The summed E-state index contributed by atoms with van der Waals surface area (Å²) in [6.45, 7) is 7.07. The highest BCUT2D eigenvalue weighted by Crippen LogP contribution is 2.23. The minimum Gasteiger partial charge on any atom is -0.497 e. The normalized spacial score (nSPS) is 13.6. The number of carbonyl (C=O) groups excluding carboxylic acids is 2. The van der Waals surface area contributed by atoms with Gasteiger partial charge in [-0.1, -0.05) is 0 Å². The van der Waals surface area contributed by atoms with E-state index in [-0.39, 0.29) is 18.5 Å². The van der Waals surface area contributed by atoms with E-state index in [1.807, 2.05) is 0 Å². The second-order valence-corrected chi connectivity index (χ2v) is 7.74. The Kier molecular flexibility index (Phi) is 9.68. The second kappa shape index (κ2) is 11.5. The zero-order valence-corrected chi connectivity index (χ0v) is 18.1. The third kappa shape index (κ3) is 10.5. The fourth-order valence-electron chi connectivity index (χ4n) is 2.49. The van der Waals surface area contributed by atoms with Crippen molar-refractivity contribution < 1.29 is 33.6 Å². The van der Waals surface area contributed by atoms with Crippen molar-refractivity contribution in [3.05, 3.63) is 35.9 Å². The third-order valence-corrected chi connectivity index (χ3v) is 3.82. The summed E-state index contributed by atoms with van der Waals surface area (Å²) >= 11 is 0. The molecular formula is C22H32O7. The Morgan fingerprint density at radius 2 is 1.66 bits per heavy atom. The van der Waals surface area contributed by atoms with E-state index < -0.39 is 17.7 Å². The molecule has 0 radical (unpaired) electrons.